The molecule has 10 heteroatoms. The van der Waals surface area contributed by atoms with Crippen molar-refractivity contribution in [3.8, 4) is 11.6 Å². The van der Waals surface area contributed by atoms with Crippen molar-refractivity contribution >= 4 is 5.91 Å². The van der Waals surface area contributed by atoms with Crippen molar-refractivity contribution < 1.29 is 36.6 Å². The maximum Gasteiger partial charge on any atom is 0.522 e. The first-order valence-corrected chi connectivity index (χ1v) is 10.2. The van der Waals surface area contributed by atoms with E-state index in [1.54, 1.807) is 4.90 Å². The summed E-state index contributed by atoms with van der Waals surface area (Å²) in [4.78, 5) is 18.9. The topological polar surface area (TPSA) is 60.9 Å². The molecule has 0 radical (unpaired) electrons. The lowest BCUT2D eigenvalue weighted by Crippen LogP contribution is -2.40. The molecule has 0 N–H and O–H groups in total. The summed E-state index contributed by atoms with van der Waals surface area (Å²) in [6.45, 7) is 0.0827. The molecule has 4 rings (SSSR count). The number of pyridine rings is 1. The molecule has 1 amide bonds. The van der Waals surface area contributed by atoms with Crippen molar-refractivity contribution in [2.45, 2.75) is 24.6 Å². The maximum atomic E-state index is 13.2. The van der Waals surface area contributed by atoms with Gasteiger partial charge in [0.15, 0.2) is 5.75 Å². The molecule has 0 spiro atoms. The maximum absolute atomic E-state index is 13.2. The molecule has 2 atom stereocenters. The minimum atomic E-state index is -4.73. The van der Waals surface area contributed by atoms with Gasteiger partial charge in [-0.2, -0.15) is 0 Å². The van der Waals surface area contributed by atoms with Crippen LogP contribution in [0.25, 0.3) is 0 Å². The molecule has 2 aromatic rings. The average Bonchev–Trinajstić information content (AvgIpc) is 3.51. The number of amides is 1. The molecule has 172 valence electrons. The fourth-order valence-electron chi connectivity index (χ4n) is 4.36. The number of alkyl halides is 3. The largest absolute Gasteiger partial charge is 0.522 e. The number of rotatable bonds is 7. The second kappa shape index (κ2) is 8.57. The Morgan fingerprint density at radius 1 is 1.19 bits per heavy atom. The van der Waals surface area contributed by atoms with Gasteiger partial charge in [0, 0.05) is 18.5 Å². The summed E-state index contributed by atoms with van der Waals surface area (Å²) >= 11 is 0. The monoisotopic (exact) mass is 454 g/mol. The van der Waals surface area contributed by atoms with E-state index in [9.17, 15) is 22.4 Å². The standard InChI is InChI=1S/C22H22F4N2O4/c1-30-19-18(31-10-11-32-22(24,25)26)7-6-17(27-19)20(29)28-9-8-21(12-15(21)13-28)14-2-4-16(23)5-3-14/h2-7,15H,8-13H2,1H3. The van der Waals surface area contributed by atoms with Gasteiger partial charge >= 0.3 is 6.36 Å². The van der Waals surface area contributed by atoms with Crippen LogP contribution in [0.1, 0.15) is 28.9 Å². The van der Waals surface area contributed by atoms with E-state index in [0.29, 0.717) is 19.0 Å². The van der Waals surface area contributed by atoms with Crippen molar-refractivity contribution in [1.82, 2.24) is 9.88 Å². The Hall–Kier alpha value is -2.88. The number of likely N-dealkylation sites (tertiary alicyclic amines) is 1. The molecule has 1 saturated carbocycles. The Morgan fingerprint density at radius 3 is 2.59 bits per heavy atom. The van der Waals surface area contributed by atoms with E-state index >= 15 is 0 Å². The molecule has 2 fully saturated rings. The number of carbonyl (C=O) groups is 1. The summed E-state index contributed by atoms with van der Waals surface area (Å²) in [5.41, 5.74) is 1.27. The number of carbonyl (C=O) groups excluding carboxylic acids is 1. The number of methoxy groups -OCH3 is 1. The normalized spacial score (nSPS) is 22.3. The number of fused-ring (bicyclic) bond motifs is 1. The third-order valence-electron chi connectivity index (χ3n) is 6.05. The third-order valence-corrected chi connectivity index (χ3v) is 6.05. The van der Waals surface area contributed by atoms with Crippen LogP contribution in [0.2, 0.25) is 0 Å². The van der Waals surface area contributed by atoms with Crippen LogP contribution in [0, 0.1) is 11.7 Å². The minimum absolute atomic E-state index is 0.00574. The zero-order valence-corrected chi connectivity index (χ0v) is 17.3. The average molecular weight is 454 g/mol. The van der Waals surface area contributed by atoms with Crippen molar-refractivity contribution in [1.29, 1.82) is 0 Å². The Balaban J connectivity index is 1.37. The highest BCUT2D eigenvalue weighted by Crippen LogP contribution is 2.59. The van der Waals surface area contributed by atoms with E-state index in [-0.39, 0.29) is 41.1 Å². The first kappa shape index (κ1) is 22.3. The lowest BCUT2D eigenvalue weighted by molar-refractivity contribution is -0.325. The SMILES string of the molecule is COc1nc(C(=O)N2CCC3(c4ccc(F)cc4)CC3C2)ccc1OCCOC(F)(F)F. The molecule has 0 bridgehead atoms. The molecule has 1 aromatic heterocycles. The van der Waals surface area contributed by atoms with Gasteiger partial charge in [-0.15, -0.1) is 13.2 Å². The van der Waals surface area contributed by atoms with Crippen LogP contribution in [-0.2, 0) is 10.2 Å². The highest BCUT2D eigenvalue weighted by Gasteiger charge is 2.58. The van der Waals surface area contributed by atoms with Gasteiger partial charge in [0.25, 0.3) is 11.8 Å². The van der Waals surface area contributed by atoms with Crippen molar-refractivity contribution in [2.75, 3.05) is 33.4 Å². The van der Waals surface area contributed by atoms with Crippen molar-refractivity contribution in [3.63, 3.8) is 0 Å². The molecule has 2 unspecified atom stereocenters. The number of halogens is 4. The molecule has 32 heavy (non-hydrogen) atoms. The van der Waals surface area contributed by atoms with Gasteiger partial charge in [0.05, 0.1) is 13.7 Å². The van der Waals surface area contributed by atoms with Gasteiger partial charge in [-0.1, -0.05) is 12.1 Å². The first-order valence-electron chi connectivity index (χ1n) is 10.2. The van der Waals surface area contributed by atoms with Gasteiger partial charge in [-0.3, -0.25) is 9.53 Å². The van der Waals surface area contributed by atoms with E-state index in [2.05, 4.69) is 9.72 Å². The van der Waals surface area contributed by atoms with E-state index < -0.39 is 13.0 Å². The van der Waals surface area contributed by atoms with Gasteiger partial charge in [0.2, 0.25) is 0 Å². The summed E-state index contributed by atoms with van der Waals surface area (Å²) in [6.07, 6.45) is -3.00. The second-order valence-corrected chi connectivity index (χ2v) is 7.91. The number of hydrogen-bond acceptors (Lipinski definition) is 5. The smallest absolute Gasteiger partial charge is 0.486 e. The number of piperidine rings is 1. The predicted octanol–water partition coefficient (Wildman–Crippen LogP) is 3.95. The number of aromatic nitrogens is 1. The number of hydrogen-bond donors (Lipinski definition) is 0. The Labute approximate surface area is 182 Å². The summed E-state index contributed by atoms with van der Waals surface area (Å²) in [5.74, 6) is -0.0908. The van der Waals surface area contributed by atoms with Crippen LogP contribution >= 0.6 is 0 Å². The van der Waals surface area contributed by atoms with E-state index in [1.165, 1.54) is 31.4 Å². The van der Waals surface area contributed by atoms with Crippen LogP contribution in [0.5, 0.6) is 11.6 Å². The molecular formula is C22H22F4N2O4. The van der Waals surface area contributed by atoms with E-state index in [4.69, 9.17) is 9.47 Å². The molecule has 1 aliphatic heterocycles. The van der Waals surface area contributed by atoms with E-state index in [0.717, 1.165) is 18.4 Å². The van der Waals surface area contributed by atoms with Crippen LogP contribution in [-0.4, -0.2) is 55.6 Å². The van der Waals surface area contributed by atoms with Crippen molar-refractivity contribution in [2.24, 2.45) is 5.92 Å². The molecular weight excluding hydrogens is 432 g/mol. The van der Waals surface area contributed by atoms with Crippen LogP contribution in [0.3, 0.4) is 0 Å². The summed E-state index contributed by atoms with van der Waals surface area (Å²) in [6, 6.07) is 9.46. The lowest BCUT2D eigenvalue weighted by Gasteiger charge is -2.32. The summed E-state index contributed by atoms with van der Waals surface area (Å²) in [5, 5.41) is 0. The molecule has 2 heterocycles. The van der Waals surface area contributed by atoms with Crippen LogP contribution in [0.15, 0.2) is 36.4 Å². The molecule has 2 aliphatic rings. The predicted molar refractivity (Wildman–Crippen MR) is 105 cm³/mol. The summed E-state index contributed by atoms with van der Waals surface area (Å²) in [7, 11) is 1.33. The fourth-order valence-corrected chi connectivity index (χ4v) is 4.36. The fraction of sp³-hybridized carbons (Fsp3) is 0.455. The highest BCUT2D eigenvalue weighted by molar-refractivity contribution is 5.92. The third kappa shape index (κ3) is 4.64. The minimum Gasteiger partial charge on any atom is -0.486 e. The van der Waals surface area contributed by atoms with Crippen molar-refractivity contribution in [3.05, 3.63) is 53.5 Å². The van der Waals surface area contributed by atoms with Gasteiger partial charge in [-0.05, 0) is 48.6 Å². The zero-order chi connectivity index (χ0) is 22.9. The van der Waals surface area contributed by atoms with Gasteiger partial charge in [0.1, 0.15) is 18.1 Å². The van der Waals surface area contributed by atoms with Crippen LogP contribution in [0.4, 0.5) is 17.6 Å². The molecule has 1 saturated heterocycles. The van der Waals surface area contributed by atoms with Gasteiger partial charge < -0.3 is 14.4 Å². The van der Waals surface area contributed by atoms with E-state index in [1.807, 2.05) is 12.1 Å². The van der Waals surface area contributed by atoms with Crippen LogP contribution < -0.4 is 9.47 Å². The Bertz CT molecular complexity index is 983. The first-order chi connectivity index (χ1) is 15.2. The zero-order valence-electron chi connectivity index (χ0n) is 17.3. The Kier molecular flexibility index (Phi) is 5.98. The second-order valence-electron chi connectivity index (χ2n) is 7.91. The molecule has 1 aliphatic carbocycles. The van der Waals surface area contributed by atoms with Gasteiger partial charge in [-0.25, -0.2) is 9.37 Å². The number of benzene rings is 1. The quantitative estimate of drug-likeness (QED) is 0.469. The lowest BCUT2D eigenvalue weighted by atomic mass is 9.87. The highest BCUT2D eigenvalue weighted by atomic mass is 19.4. The molecule has 1 aromatic carbocycles. The number of nitrogens with zero attached hydrogens (tertiary/aromatic N) is 2. The Morgan fingerprint density at radius 2 is 1.94 bits per heavy atom. The molecule has 6 nitrogen and oxygen atoms in total. The number of ether oxygens (including phenoxy) is 3. The summed E-state index contributed by atoms with van der Waals surface area (Å²) < 4.78 is 63.4.